The summed E-state index contributed by atoms with van der Waals surface area (Å²) in [5.74, 6) is -6.08. The molecule has 1 nitrogen and oxygen atoms in total. The van der Waals surface area contributed by atoms with E-state index in [1.165, 1.54) is 0 Å². The van der Waals surface area contributed by atoms with Gasteiger partial charge in [0.05, 0.1) is 0 Å². The molecule has 0 aliphatic heterocycles. The van der Waals surface area contributed by atoms with Crippen molar-refractivity contribution >= 4 is 5.69 Å². The maximum absolute atomic E-state index is 13.1. The number of benzene rings is 1. The molecule has 0 unspecified atom stereocenters. The van der Waals surface area contributed by atoms with Gasteiger partial charge in [-0.25, -0.2) is 17.6 Å². The first-order valence-corrected chi connectivity index (χ1v) is 4.11. The van der Waals surface area contributed by atoms with Crippen LogP contribution in [0.3, 0.4) is 0 Å². The molecule has 0 aromatic heterocycles. The molecule has 0 bridgehead atoms. The highest BCUT2D eigenvalue weighted by molar-refractivity contribution is 5.46. The Hall–Kier alpha value is -1.26. The molecule has 0 heterocycles. The first-order valence-electron chi connectivity index (χ1n) is 4.11. The van der Waals surface area contributed by atoms with E-state index in [-0.39, 0.29) is 6.42 Å². The number of anilines is 1. The molecule has 0 amide bonds. The third-order valence-electron chi connectivity index (χ3n) is 1.89. The van der Waals surface area contributed by atoms with Crippen LogP contribution in [0.25, 0.3) is 0 Å². The zero-order chi connectivity index (χ0) is 10.9. The summed E-state index contributed by atoms with van der Waals surface area (Å²) in [5, 5.41) is 0. The van der Waals surface area contributed by atoms with Crippen LogP contribution in [0.15, 0.2) is 0 Å². The molecule has 14 heavy (non-hydrogen) atoms. The monoisotopic (exact) mass is 207 g/mol. The minimum Gasteiger partial charge on any atom is -0.394 e. The summed E-state index contributed by atoms with van der Waals surface area (Å²) < 4.78 is 51.5. The predicted octanol–water partition coefficient (Wildman–Crippen LogP) is 2.78. The van der Waals surface area contributed by atoms with Gasteiger partial charge in [-0.2, -0.15) is 0 Å². The second-order valence-electron chi connectivity index (χ2n) is 2.90. The van der Waals surface area contributed by atoms with Crippen molar-refractivity contribution in [3.05, 3.63) is 28.8 Å². The summed E-state index contributed by atoms with van der Waals surface area (Å²) in [6.07, 6.45) is 0.400. The number of hydrogen-bond acceptors (Lipinski definition) is 1. The summed E-state index contributed by atoms with van der Waals surface area (Å²) in [4.78, 5) is 0. The molecule has 0 saturated heterocycles. The van der Waals surface area contributed by atoms with Gasteiger partial charge in [0.2, 0.25) is 0 Å². The number of rotatable bonds is 2. The van der Waals surface area contributed by atoms with Gasteiger partial charge >= 0.3 is 0 Å². The van der Waals surface area contributed by atoms with Crippen molar-refractivity contribution in [1.82, 2.24) is 0 Å². The summed E-state index contributed by atoms with van der Waals surface area (Å²) in [7, 11) is 0. The van der Waals surface area contributed by atoms with E-state index in [2.05, 4.69) is 0 Å². The molecule has 0 saturated carbocycles. The van der Waals surface area contributed by atoms with Gasteiger partial charge in [0, 0.05) is 5.56 Å². The molecule has 2 N–H and O–H groups in total. The topological polar surface area (TPSA) is 26.0 Å². The van der Waals surface area contributed by atoms with Gasteiger partial charge in [0.15, 0.2) is 23.3 Å². The van der Waals surface area contributed by atoms with Gasteiger partial charge < -0.3 is 5.73 Å². The van der Waals surface area contributed by atoms with Gasteiger partial charge in [0.25, 0.3) is 0 Å². The fourth-order valence-corrected chi connectivity index (χ4v) is 1.17. The number of nitrogens with two attached hydrogens (primary N) is 1. The maximum atomic E-state index is 13.1. The van der Waals surface area contributed by atoms with E-state index in [9.17, 15) is 17.6 Å². The fraction of sp³-hybridized carbons (Fsp3) is 0.333. The lowest BCUT2D eigenvalue weighted by Gasteiger charge is -2.08. The molecule has 1 aromatic carbocycles. The van der Waals surface area contributed by atoms with Crippen LogP contribution in [0, 0.1) is 23.3 Å². The first-order chi connectivity index (χ1) is 6.50. The standard InChI is InChI=1S/C9H9F4N/c1-2-3-4-5(10)7(12)8(13)9(14)6(4)11/h2-3,14H2,1H3. The lowest BCUT2D eigenvalue weighted by Crippen LogP contribution is -2.07. The average Bonchev–Trinajstić information content (AvgIpc) is 2.19. The van der Waals surface area contributed by atoms with E-state index in [4.69, 9.17) is 5.73 Å². The van der Waals surface area contributed by atoms with E-state index in [0.29, 0.717) is 6.42 Å². The van der Waals surface area contributed by atoms with Crippen LogP contribution in [0.1, 0.15) is 18.9 Å². The lowest BCUT2D eigenvalue weighted by atomic mass is 10.1. The highest BCUT2D eigenvalue weighted by atomic mass is 19.2. The van der Waals surface area contributed by atoms with Gasteiger partial charge in [-0.15, -0.1) is 0 Å². The average molecular weight is 207 g/mol. The summed E-state index contributed by atoms with van der Waals surface area (Å²) in [5.41, 5.74) is 3.46. The third-order valence-corrected chi connectivity index (χ3v) is 1.89. The molecule has 0 aliphatic rings. The van der Waals surface area contributed by atoms with E-state index < -0.39 is 34.5 Å². The Bertz CT molecular complexity index is 333. The zero-order valence-electron chi connectivity index (χ0n) is 7.50. The Morgan fingerprint density at radius 3 is 2.00 bits per heavy atom. The molecule has 0 spiro atoms. The van der Waals surface area contributed by atoms with Crippen molar-refractivity contribution in [2.75, 3.05) is 5.73 Å². The minimum atomic E-state index is -1.72. The Morgan fingerprint density at radius 2 is 1.50 bits per heavy atom. The van der Waals surface area contributed by atoms with E-state index in [0.717, 1.165) is 0 Å². The maximum Gasteiger partial charge on any atom is 0.197 e. The van der Waals surface area contributed by atoms with Gasteiger partial charge in [0.1, 0.15) is 5.69 Å². The second-order valence-corrected chi connectivity index (χ2v) is 2.90. The van der Waals surface area contributed by atoms with Crippen LogP contribution in [-0.2, 0) is 6.42 Å². The van der Waals surface area contributed by atoms with Crippen molar-refractivity contribution in [3.8, 4) is 0 Å². The Morgan fingerprint density at radius 1 is 0.929 bits per heavy atom. The first kappa shape index (κ1) is 10.8. The quantitative estimate of drug-likeness (QED) is 0.343. The van der Waals surface area contributed by atoms with Crippen LogP contribution in [0.4, 0.5) is 23.2 Å². The van der Waals surface area contributed by atoms with Crippen LogP contribution in [-0.4, -0.2) is 0 Å². The Kier molecular flexibility index (Phi) is 2.98. The van der Waals surface area contributed by atoms with Crippen molar-refractivity contribution in [2.24, 2.45) is 0 Å². The minimum absolute atomic E-state index is 0.0148. The number of nitrogen functional groups attached to an aromatic ring is 1. The zero-order valence-corrected chi connectivity index (χ0v) is 7.50. The lowest BCUT2D eigenvalue weighted by molar-refractivity contribution is 0.428. The normalized spacial score (nSPS) is 10.6. The smallest absolute Gasteiger partial charge is 0.197 e. The van der Waals surface area contributed by atoms with Crippen LogP contribution in [0.5, 0.6) is 0 Å². The molecule has 0 fully saturated rings. The van der Waals surface area contributed by atoms with Crippen LogP contribution >= 0.6 is 0 Å². The highest BCUT2D eigenvalue weighted by Crippen LogP contribution is 2.26. The van der Waals surface area contributed by atoms with Crippen molar-refractivity contribution in [3.63, 3.8) is 0 Å². The molecule has 0 radical (unpaired) electrons. The SMILES string of the molecule is CCCc1c(F)c(N)c(F)c(F)c1F. The van der Waals surface area contributed by atoms with Gasteiger partial charge in [-0.3, -0.25) is 0 Å². The fourth-order valence-electron chi connectivity index (χ4n) is 1.17. The molecule has 78 valence electrons. The number of hydrogen-bond donors (Lipinski definition) is 1. The molecule has 0 atom stereocenters. The molecular formula is C9H9F4N. The van der Waals surface area contributed by atoms with Crippen LogP contribution < -0.4 is 5.73 Å². The van der Waals surface area contributed by atoms with Gasteiger partial charge in [-0.1, -0.05) is 13.3 Å². The van der Waals surface area contributed by atoms with Crippen LogP contribution in [0.2, 0.25) is 0 Å². The van der Waals surface area contributed by atoms with E-state index in [1.807, 2.05) is 0 Å². The van der Waals surface area contributed by atoms with Crippen molar-refractivity contribution in [1.29, 1.82) is 0 Å². The van der Waals surface area contributed by atoms with E-state index in [1.54, 1.807) is 6.92 Å². The van der Waals surface area contributed by atoms with Gasteiger partial charge in [-0.05, 0) is 6.42 Å². The Labute approximate surface area is 78.5 Å². The largest absolute Gasteiger partial charge is 0.394 e. The summed E-state index contributed by atoms with van der Waals surface area (Å²) in [6.45, 7) is 1.66. The molecule has 1 rings (SSSR count). The van der Waals surface area contributed by atoms with Crippen molar-refractivity contribution < 1.29 is 17.6 Å². The number of halogens is 4. The van der Waals surface area contributed by atoms with Crippen molar-refractivity contribution in [2.45, 2.75) is 19.8 Å². The molecule has 1 aromatic rings. The van der Waals surface area contributed by atoms with E-state index >= 15 is 0 Å². The molecule has 0 aliphatic carbocycles. The molecule has 5 heteroatoms. The summed E-state index contributed by atoms with van der Waals surface area (Å²) >= 11 is 0. The highest BCUT2D eigenvalue weighted by Gasteiger charge is 2.22. The summed E-state index contributed by atoms with van der Waals surface area (Å²) in [6, 6.07) is 0. The predicted molar refractivity (Wildman–Crippen MR) is 44.7 cm³/mol. The second kappa shape index (κ2) is 3.86. The third kappa shape index (κ3) is 1.54. The Balaban J connectivity index is 3.43. The molecular weight excluding hydrogens is 198 g/mol.